The maximum absolute atomic E-state index is 12.7. The second-order valence-electron chi connectivity index (χ2n) is 7.19. The molecule has 1 aliphatic heterocycles. The smallest absolute Gasteiger partial charge is 0.435 e. The van der Waals surface area contributed by atoms with Gasteiger partial charge in [-0.25, -0.2) is 9.48 Å². The number of amides is 2. The zero-order valence-corrected chi connectivity index (χ0v) is 16.5. The summed E-state index contributed by atoms with van der Waals surface area (Å²) in [6.07, 6.45) is 1.13. The maximum atomic E-state index is 12.7. The van der Waals surface area contributed by atoms with Crippen LogP contribution < -0.4 is 5.32 Å². The Kier molecular flexibility index (Phi) is 5.80. The molecule has 3 rings (SSSR count). The van der Waals surface area contributed by atoms with E-state index in [1.54, 1.807) is 39.0 Å². The first-order valence-electron chi connectivity index (χ1n) is 8.69. The number of rotatable bonds is 4. The van der Waals surface area contributed by atoms with E-state index in [1.165, 1.54) is 11.0 Å². The highest BCUT2D eigenvalue weighted by Gasteiger charge is 2.38. The van der Waals surface area contributed by atoms with Gasteiger partial charge in [-0.15, -0.1) is 5.10 Å². The molecular weight excluding hydrogens is 388 g/mol. The van der Waals surface area contributed by atoms with Gasteiger partial charge in [0.25, 0.3) is 0 Å². The fraction of sp³-hybridized carbons (Fsp3) is 0.471. The zero-order chi connectivity index (χ0) is 20.3. The van der Waals surface area contributed by atoms with Crippen molar-refractivity contribution in [2.75, 3.05) is 6.61 Å². The van der Waals surface area contributed by atoms with E-state index >= 15 is 0 Å². The molecule has 0 spiro atoms. The Morgan fingerprint density at radius 2 is 2.18 bits per heavy atom. The molecule has 1 atom stereocenters. The Bertz CT molecular complexity index is 852. The van der Waals surface area contributed by atoms with Gasteiger partial charge >= 0.3 is 6.09 Å². The molecule has 0 radical (unpaired) electrons. The van der Waals surface area contributed by atoms with E-state index in [1.807, 2.05) is 0 Å². The molecule has 10 nitrogen and oxygen atoms in total. The molecule has 28 heavy (non-hydrogen) atoms. The molecule has 1 fully saturated rings. The first-order valence-corrected chi connectivity index (χ1v) is 9.07. The van der Waals surface area contributed by atoms with Crippen molar-refractivity contribution in [1.82, 2.24) is 30.6 Å². The highest BCUT2D eigenvalue weighted by atomic mass is 35.5. The number of halogens is 1. The van der Waals surface area contributed by atoms with Crippen LogP contribution in [0.25, 0.3) is 5.69 Å². The minimum absolute atomic E-state index is 0.174. The van der Waals surface area contributed by atoms with Gasteiger partial charge in [0.1, 0.15) is 18.0 Å². The summed E-state index contributed by atoms with van der Waals surface area (Å²) in [6.45, 7) is 5.67. The number of carbonyl (C=O) groups is 2. The topological polar surface area (TPSA) is 111 Å². The Balaban J connectivity index is 1.69. The van der Waals surface area contributed by atoms with Crippen LogP contribution in [-0.2, 0) is 20.9 Å². The Morgan fingerprint density at radius 3 is 2.86 bits per heavy atom. The van der Waals surface area contributed by atoms with Crippen molar-refractivity contribution in [3.63, 3.8) is 0 Å². The van der Waals surface area contributed by atoms with Gasteiger partial charge in [0, 0.05) is 18.0 Å². The SMILES string of the molecule is CC(C)(C)OC(=O)N1OCC[C@H]1C(=O)NCc1cc(Cl)ccc1-n1cnnn1. The van der Waals surface area contributed by atoms with E-state index in [9.17, 15) is 9.59 Å². The molecule has 1 N–H and O–H groups in total. The average Bonchev–Trinajstić information content (AvgIpc) is 3.29. The third-order valence-corrected chi connectivity index (χ3v) is 4.11. The summed E-state index contributed by atoms with van der Waals surface area (Å²) in [4.78, 5) is 30.2. The van der Waals surface area contributed by atoms with Crippen LogP contribution in [-0.4, -0.2) is 55.5 Å². The van der Waals surface area contributed by atoms with Crippen molar-refractivity contribution in [3.05, 3.63) is 35.1 Å². The van der Waals surface area contributed by atoms with E-state index in [0.717, 1.165) is 10.6 Å². The van der Waals surface area contributed by atoms with Crippen LogP contribution in [0.1, 0.15) is 32.8 Å². The maximum Gasteiger partial charge on any atom is 0.435 e. The molecule has 0 unspecified atom stereocenters. The summed E-state index contributed by atoms with van der Waals surface area (Å²) in [5.41, 5.74) is 0.711. The van der Waals surface area contributed by atoms with Crippen molar-refractivity contribution in [2.24, 2.45) is 0 Å². The number of carbonyl (C=O) groups excluding carboxylic acids is 2. The van der Waals surface area contributed by atoms with Crippen LogP contribution in [0.4, 0.5) is 4.79 Å². The van der Waals surface area contributed by atoms with E-state index in [-0.39, 0.29) is 19.1 Å². The second-order valence-corrected chi connectivity index (χ2v) is 7.63. The van der Waals surface area contributed by atoms with Crippen LogP contribution in [0.2, 0.25) is 5.02 Å². The highest BCUT2D eigenvalue weighted by Crippen LogP contribution is 2.21. The lowest BCUT2D eigenvalue weighted by molar-refractivity contribution is -0.147. The molecule has 2 heterocycles. The van der Waals surface area contributed by atoms with Gasteiger partial charge in [-0.2, -0.15) is 5.06 Å². The lowest BCUT2D eigenvalue weighted by atomic mass is 10.1. The van der Waals surface area contributed by atoms with Crippen molar-refractivity contribution in [1.29, 1.82) is 0 Å². The fourth-order valence-electron chi connectivity index (χ4n) is 2.69. The first-order chi connectivity index (χ1) is 13.2. The molecule has 1 aromatic heterocycles. The molecule has 0 aliphatic carbocycles. The summed E-state index contributed by atoms with van der Waals surface area (Å²) in [5.74, 6) is -0.356. The third kappa shape index (κ3) is 4.76. The predicted octanol–water partition coefficient (Wildman–Crippen LogP) is 1.87. The highest BCUT2D eigenvalue weighted by molar-refractivity contribution is 6.30. The minimum Gasteiger partial charge on any atom is -0.442 e. The summed E-state index contributed by atoms with van der Waals surface area (Å²) in [5, 5.41) is 15.4. The van der Waals surface area contributed by atoms with E-state index < -0.39 is 17.7 Å². The summed E-state index contributed by atoms with van der Waals surface area (Å²) in [7, 11) is 0. The number of tetrazole rings is 1. The molecule has 2 aromatic rings. The number of hydrogen-bond acceptors (Lipinski definition) is 7. The van der Waals surface area contributed by atoms with Crippen LogP contribution in [0.5, 0.6) is 0 Å². The number of ether oxygens (including phenoxy) is 1. The fourth-order valence-corrected chi connectivity index (χ4v) is 2.88. The van der Waals surface area contributed by atoms with Crippen molar-refractivity contribution >= 4 is 23.6 Å². The van der Waals surface area contributed by atoms with Crippen molar-refractivity contribution in [3.8, 4) is 5.69 Å². The average molecular weight is 409 g/mol. The van der Waals surface area contributed by atoms with Gasteiger partial charge in [0.05, 0.1) is 12.3 Å². The molecule has 0 bridgehead atoms. The predicted molar refractivity (Wildman–Crippen MR) is 98.4 cm³/mol. The monoisotopic (exact) mass is 408 g/mol. The van der Waals surface area contributed by atoms with Gasteiger partial charge in [0.2, 0.25) is 5.91 Å². The second kappa shape index (κ2) is 8.11. The van der Waals surface area contributed by atoms with Gasteiger partial charge in [-0.05, 0) is 55.0 Å². The number of aromatic nitrogens is 4. The van der Waals surface area contributed by atoms with Crippen LogP contribution in [0.3, 0.4) is 0 Å². The standard InChI is InChI=1S/C17H21ClN6O4/c1-17(2,3)28-16(26)24-14(6-7-27-24)15(25)19-9-11-8-12(18)4-5-13(11)23-10-20-21-22-23/h4-5,8,10,14H,6-7,9H2,1-3H3,(H,19,25)/t14-/m0/s1. The largest absolute Gasteiger partial charge is 0.442 e. The first kappa shape index (κ1) is 20.0. The van der Waals surface area contributed by atoms with Gasteiger partial charge in [-0.3, -0.25) is 9.63 Å². The molecule has 150 valence electrons. The zero-order valence-electron chi connectivity index (χ0n) is 15.8. The van der Waals surface area contributed by atoms with Gasteiger partial charge < -0.3 is 10.1 Å². The number of benzene rings is 1. The minimum atomic E-state index is -0.773. The quantitative estimate of drug-likeness (QED) is 0.821. The summed E-state index contributed by atoms with van der Waals surface area (Å²) < 4.78 is 6.76. The summed E-state index contributed by atoms with van der Waals surface area (Å²) in [6, 6.07) is 4.41. The van der Waals surface area contributed by atoms with E-state index in [2.05, 4.69) is 20.8 Å². The molecule has 0 saturated carbocycles. The Hall–Kier alpha value is -2.72. The van der Waals surface area contributed by atoms with Crippen molar-refractivity contribution < 1.29 is 19.2 Å². The van der Waals surface area contributed by atoms with Crippen LogP contribution >= 0.6 is 11.6 Å². The molecule has 1 aliphatic rings. The number of nitrogens with one attached hydrogen (secondary N) is 1. The van der Waals surface area contributed by atoms with E-state index in [4.69, 9.17) is 21.2 Å². The Morgan fingerprint density at radius 1 is 1.39 bits per heavy atom. The lowest BCUT2D eigenvalue weighted by Crippen LogP contribution is -2.46. The molecular formula is C17H21ClN6O4. The van der Waals surface area contributed by atoms with Crippen molar-refractivity contribution in [2.45, 2.75) is 45.4 Å². The number of hydrogen-bond donors (Lipinski definition) is 1. The number of nitrogens with zero attached hydrogens (tertiary/aromatic N) is 5. The third-order valence-electron chi connectivity index (χ3n) is 3.87. The molecule has 1 aromatic carbocycles. The summed E-state index contributed by atoms with van der Waals surface area (Å²) >= 11 is 6.08. The Labute approximate surface area is 166 Å². The molecule has 11 heteroatoms. The molecule has 1 saturated heterocycles. The normalized spacial score (nSPS) is 16.9. The van der Waals surface area contributed by atoms with Gasteiger partial charge in [0.15, 0.2) is 0 Å². The van der Waals surface area contributed by atoms with Crippen LogP contribution in [0, 0.1) is 0 Å². The van der Waals surface area contributed by atoms with E-state index in [0.29, 0.717) is 17.1 Å². The van der Waals surface area contributed by atoms with Gasteiger partial charge in [-0.1, -0.05) is 11.6 Å². The molecule has 2 amide bonds. The van der Waals surface area contributed by atoms with Crippen LogP contribution in [0.15, 0.2) is 24.5 Å². The lowest BCUT2D eigenvalue weighted by Gasteiger charge is -2.26. The number of hydroxylamine groups is 2.